The summed E-state index contributed by atoms with van der Waals surface area (Å²) < 4.78 is 43.7. The van der Waals surface area contributed by atoms with E-state index in [1.807, 2.05) is 4.90 Å². The van der Waals surface area contributed by atoms with Crippen molar-refractivity contribution in [3.8, 4) is 0 Å². The standard InChI is InChI=1S/C24H34F3N7O/c1-5-16-13-34(11-8-30-23(2,3)4)21(31-16)15-6-9-33(10-7-15)22-19-17(24(25,26)27)12-18(35)32-20(19)28-14-29-22/h13-15,17,30H,5-12H2,1-4H3,(H,28,29,32,35). The van der Waals surface area contributed by atoms with Gasteiger partial charge in [-0.05, 0) is 40.0 Å². The van der Waals surface area contributed by atoms with E-state index in [-0.39, 0.29) is 28.7 Å². The minimum absolute atomic E-state index is 0.0268. The van der Waals surface area contributed by atoms with Gasteiger partial charge in [-0.3, -0.25) is 4.79 Å². The van der Waals surface area contributed by atoms with Crippen LogP contribution in [0.5, 0.6) is 0 Å². The molecule has 0 spiro atoms. The van der Waals surface area contributed by atoms with Gasteiger partial charge in [0.2, 0.25) is 5.91 Å². The number of anilines is 2. The molecule has 4 rings (SSSR count). The molecule has 1 fully saturated rings. The number of alkyl halides is 3. The van der Waals surface area contributed by atoms with E-state index in [2.05, 4.69) is 59.1 Å². The molecule has 35 heavy (non-hydrogen) atoms. The molecule has 8 nitrogen and oxygen atoms in total. The van der Waals surface area contributed by atoms with Gasteiger partial charge in [0.15, 0.2) is 0 Å². The number of fused-ring (bicyclic) bond motifs is 1. The van der Waals surface area contributed by atoms with E-state index < -0.39 is 24.4 Å². The fraction of sp³-hybridized carbons (Fsp3) is 0.667. The number of hydrogen-bond donors (Lipinski definition) is 2. The average molecular weight is 494 g/mol. The van der Waals surface area contributed by atoms with Crippen molar-refractivity contribution in [1.29, 1.82) is 0 Å². The van der Waals surface area contributed by atoms with Crippen LogP contribution in [-0.2, 0) is 17.8 Å². The number of halogens is 3. The summed E-state index contributed by atoms with van der Waals surface area (Å²) in [5.41, 5.74) is 1.05. The molecule has 0 bridgehead atoms. The van der Waals surface area contributed by atoms with E-state index >= 15 is 0 Å². The van der Waals surface area contributed by atoms with Crippen LogP contribution in [0.4, 0.5) is 24.8 Å². The Bertz CT molecular complexity index is 1050. The lowest BCUT2D eigenvalue weighted by molar-refractivity contribution is -0.156. The number of amides is 1. The van der Waals surface area contributed by atoms with Crippen LogP contribution in [0, 0.1) is 0 Å². The highest BCUT2D eigenvalue weighted by Gasteiger charge is 2.48. The third-order valence-electron chi connectivity index (χ3n) is 6.64. The predicted octanol–water partition coefficient (Wildman–Crippen LogP) is 4.00. The minimum Gasteiger partial charge on any atom is -0.356 e. The normalized spacial score (nSPS) is 19.6. The maximum atomic E-state index is 13.8. The summed E-state index contributed by atoms with van der Waals surface area (Å²) in [5, 5.41) is 6.00. The Kier molecular flexibility index (Phi) is 7.08. The van der Waals surface area contributed by atoms with Gasteiger partial charge in [0.05, 0.1) is 17.2 Å². The lowest BCUT2D eigenvalue weighted by Crippen LogP contribution is -2.39. The van der Waals surface area contributed by atoms with Crippen molar-refractivity contribution in [1.82, 2.24) is 24.8 Å². The Morgan fingerprint density at radius 1 is 1.17 bits per heavy atom. The SMILES string of the molecule is CCc1cn(CCNC(C)(C)C)c(C2CCN(c3ncnc4c3C(C(F)(F)F)CC(=O)N4)CC2)n1. The van der Waals surface area contributed by atoms with Crippen LogP contribution in [0.3, 0.4) is 0 Å². The Morgan fingerprint density at radius 3 is 2.51 bits per heavy atom. The quantitative estimate of drug-likeness (QED) is 0.633. The summed E-state index contributed by atoms with van der Waals surface area (Å²) in [6.45, 7) is 11.2. The van der Waals surface area contributed by atoms with Gasteiger partial charge in [-0.1, -0.05) is 6.92 Å². The van der Waals surface area contributed by atoms with E-state index in [9.17, 15) is 18.0 Å². The van der Waals surface area contributed by atoms with Gasteiger partial charge in [0.1, 0.15) is 23.8 Å². The second-order valence-corrected chi connectivity index (χ2v) is 10.4. The van der Waals surface area contributed by atoms with Crippen molar-refractivity contribution < 1.29 is 18.0 Å². The van der Waals surface area contributed by atoms with E-state index in [0.29, 0.717) is 13.1 Å². The molecule has 1 amide bonds. The predicted molar refractivity (Wildman–Crippen MR) is 128 cm³/mol. The molecule has 2 aliphatic rings. The van der Waals surface area contributed by atoms with Crippen molar-refractivity contribution in [2.45, 2.75) is 83.5 Å². The first kappa shape index (κ1) is 25.4. The summed E-state index contributed by atoms with van der Waals surface area (Å²) in [6, 6.07) is 0. The van der Waals surface area contributed by atoms with Crippen molar-refractivity contribution in [3.05, 3.63) is 29.6 Å². The molecule has 2 N–H and O–H groups in total. The van der Waals surface area contributed by atoms with Gasteiger partial charge in [-0.15, -0.1) is 0 Å². The molecule has 2 aromatic heterocycles. The van der Waals surface area contributed by atoms with Gasteiger partial charge in [0.25, 0.3) is 0 Å². The maximum Gasteiger partial charge on any atom is 0.396 e. The number of carbonyl (C=O) groups excluding carboxylic acids is 1. The Hall–Kier alpha value is -2.69. The zero-order valence-electron chi connectivity index (χ0n) is 20.7. The first-order valence-corrected chi connectivity index (χ1v) is 12.2. The Balaban J connectivity index is 1.51. The number of hydrogen-bond acceptors (Lipinski definition) is 6. The molecule has 2 aromatic rings. The monoisotopic (exact) mass is 493 g/mol. The van der Waals surface area contributed by atoms with Crippen molar-refractivity contribution in [3.63, 3.8) is 0 Å². The number of aryl methyl sites for hydroxylation is 1. The first-order chi connectivity index (χ1) is 16.5. The number of rotatable bonds is 6. The molecule has 2 aliphatic heterocycles. The highest BCUT2D eigenvalue weighted by molar-refractivity contribution is 5.94. The first-order valence-electron chi connectivity index (χ1n) is 12.2. The summed E-state index contributed by atoms with van der Waals surface area (Å²) in [6.07, 6.45) is 0.512. The highest BCUT2D eigenvalue weighted by atomic mass is 19.4. The van der Waals surface area contributed by atoms with E-state index in [4.69, 9.17) is 4.98 Å². The molecule has 0 aliphatic carbocycles. The third-order valence-corrected chi connectivity index (χ3v) is 6.64. The molecule has 192 valence electrons. The van der Waals surface area contributed by atoms with Crippen LogP contribution < -0.4 is 15.5 Å². The second-order valence-electron chi connectivity index (χ2n) is 10.4. The second kappa shape index (κ2) is 9.75. The number of carbonyl (C=O) groups is 1. The van der Waals surface area contributed by atoms with Crippen LogP contribution in [0.15, 0.2) is 12.5 Å². The fourth-order valence-electron chi connectivity index (χ4n) is 4.87. The van der Waals surface area contributed by atoms with Gasteiger partial charge >= 0.3 is 6.18 Å². The van der Waals surface area contributed by atoms with Crippen molar-refractivity contribution in [2.75, 3.05) is 29.9 Å². The zero-order chi connectivity index (χ0) is 25.4. The van der Waals surface area contributed by atoms with E-state index in [1.54, 1.807) is 0 Å². The molecular formula is C24H34F3N7O. The molecule has 0 saturated carbocycles. The third kappa shape index (κ3) is 5.76. The van der Waals surface area contributed by atoms with Gasteiger partial charge in [0, 0.05) is 50.3 Å². The molecular weight excluding hydrogens is 459 g/mol. The molecule has 1 saturated heterocycles. The topological polar surface area (TPSA) is 88.0 Å². The van der Waals surface area contributed by atoms with Crippen LogP contribution in [-0.4, -0.2) is 56.8 Å². The van der Waals surface area contributed by atoms with Crippen molar-refractivity contribution >= 4 is 17.5 Å². The van der Waals surface area contributed by atoms with Crippen LogP contribution >= 0.6 is 0 Å². The number of imidazole rings is 1. The van der Waals surface area contributed by atoms with Crippen LogP contribution in [0.25, 0.3) is 0 Å². The fourth-order valence-corrected chi connectivity index (χ4v) is 4.87. The summed E-state index contributed by atoms with van der Waals surface area (Å²) >= 11 is 0. The minimum atomic E-state index is -4.55. The van der Waals surface area contributed by atoms with Gasteiger partial charge in [-0.2, -0.15) is 13.2 Å². The lowest BCUT2D eigenvalue weighted by Gasteiger charge is -2.36. The summed E-state index contributed by atoms with van der Waals surface area (Å²) in [7, 11) is 0. The molecule has 4 heterocycles. The number of nitrogens with one attached hydrogen (secondary N) is 2. The lowest BCUT2D eigenvalue weighted by atomic mass is 9.90. The molecule has 0 aromatic carbocycles. The van der Waals surface area contributed by atoms with Crippen LogP contribution in [0.1, 0.15) is 75.9 Å². The van der Waals surface area contributed by atoms with E-state index in [0.717, 1.165) is 43.9 Å². The highest BCUT2D eigenvalue weighted by Crippen LogP contribution is 2.46. The summed E-state index contributed by atoms with van der Waals surface area (Å²) in [4.78, 5) is 26.8. The van der Waals surface area contributed by atoms with Gasteiger partial charge < -0.3 is 20.1 Å². The number of piperidine rings is 1. The summed E-state index contributed by atoms with van der Waals surface area (Å²) in [5.74, 6) is -1.09. The molecule has 1 atom stereocenters. The molecule has 1 unspecified atom stereocenters. The zero-order valence-corrected chi connectivity index (χ0v) is 20.7. The van der Waals surface area contributed by atoms with Crippen molar-refractivity contribution in [2.24, 2.45) is 0 Å². The van der Waals surface area contributed by atoms with E-state index in [1.165, 1.54) is 6.33 Å². The average Bonchev–Trinajstić information content (AvgIpc) is 3.20. The number of aromatic nitrogens is 4. The Morgan fingerprint density at radius 2 is 1.89 bits per heavy atom. The number of nitrogens with zero attached hydrogens (tertiary/aromatic N) is 5. The molecule has 11 heteroatoms. The van der Waals surface area contributed by atoms with Crippen LogP contribution in [0.2, 0.25) is 0 Å². The van der Waals surface area contributed by atoms with Gasteiger partial charge in [-0.25, -0.2) is 15.0 Å². The maximum absolute atomic E-state index is 13.8. The Labute approximate surface area is 203 Å². The molecule has 0 radical (unpaired) electrons. The largest absolute Gasteiger partial charge is 0.396 e. The smallest absolute Gasteiger partial charge is 0.356 e.